The van der Waals surface area contributed by atoms with Gasteiger partial charge in [0.05, 0.1) is 5.69 Å². The Hall–Kier alpha value is -6.58. The third kappa shape index (κ3) is 4.51. The van der Waals surface area contributed by atoms with Gasteiger partial charge in [-0.25, -0.2) is 0 Å². The topological polar surface area (TPSA) is 32.2 Å². The van der Waals surface area contributed by atoms with Crippen LogP contribution in [0.5, 0.6) is 0 Å². The lowest BCUT2D eigenvalue weighted by atomic mass is 9.97. The molecule has 0 saturated carbocycles. The van der Waals surface area contributed by atoms with Crippen LogP contribution in [0.15, 0.2) is 180 Å². The molecule has 0 saturated heterocycles. The van der Waals surface area contributed by atoms with Crippen molar-refractivity contribution in [3.63, 3.8) is 0 Å². The van der Waals surface area contributed by atoms with Gasteiger partial charge >= 0.3 is 0 Å². The summed E-state index contributed by atoms with van der Waals surface area (Å²) in [6, 6.07) is 62.9. The highest BCUT2D eigenvalue weighted by atomic mass is 16.3. The number of hydrogen-bond donors (Lipinski definition) is 1. The molecule has 49 heavy (non-hydrogen) atoms. The fraction of sp³-hybridized carbons (Fsp3) is 0. The molecule has 8 aromatic carbocycles. The molecule has 0 amide bonds. The van der Waals surface area contributed by atoms with Gasteiger partial charge in [-0.3, -0.25) is 0 Å². The number of nitrogens with zero attached hydrogens (tertiary/aromatic N) is 1. The van der Waals surface area contributed by atoms with Gasteiger partial charge in [0.2, 0.25) is 0 Å². The van der Waals surface area contributed by atoms with E-state index < -0.39 is 0 Å². The summed E-state index contributed by atoms with van der Waals surface area (Å²) in [5, 5.41) is 7.15. The number of aromatic nitrogens is 1. The lowest BCUT2D eigenvalue weighted by Gasteiger charge is -2.27. The molecule has 0 fully saturated rings. The number of nitrogens with one attached hydrogen (secondary N) is 1. The second-order valence-corrected chi connectivity index (χ2v) is 12.6. The third-order valence-electron chi connectivity index (χ3n) is 9.77. The SMILES string of the molecule is c1cc(-c2ccc3oc4ccccc4c3c2)cc(N(c2cccc(-c3cccc4ccccc34)c2)c2cccc3[nH]c4ccccc4c23)c1. The van der Waals surface area contributed by atoms with Crippen LogP contribution in [0.4, 0.5) is 17.1 Å². The maximum atomic E-state index is 6.15. The first-order chi connectivity index (χ1) is 24.3. The number of H-pyrrole nitrogens is 1. The van der Waals surface area contributed by atoms with Crippen LogP contribution in [0.25, 0.3) is 76.8 Å². The van der Waals surface area contributed by atoms with E-state index in [9.17, 15) is 0 Å². The molecule has 0 aliphatic rings. The van der Waals surface area contributed by atoms with E-state index in [2.05, 4.69) is 174 Å². The van der Waals surface area contributed by atoms with Gasteiger partial charge in [-0.05, 0) is 93.7 Å². The summed E-state index contributed by atoms with van der Waals surface area (Å²) in [7, 11) is 0. The largest absolute Gasteiger partial charge is 0.456 e. The van der Waals surface area contributed by atoms with Gasteiger partial charge < -0.3 is 14.3 Å². The van der Waals surface area contributed by atoms with Crippen LogP contribution in [0.3, 0.4) is 0 Å². The van der Waals surface area contributed by atoms with E-state index in [4.69, 9.17) is 4.42 Å². The summed E-state index contributed by atoms with van der Waals surface area (Å²) < 4.78 is 6.15. The van der Waals surface area contributed by atoms with Crippen molar-refractivity contribution < 1.29 is 4.42 Å². The third-order valence-corrected chi connectivity index (χ3v) is 9.77. The smallest absolute Gasteiger partial charge is 0.135 e. The number of furan rings is 1. The number of para-hydroxylation sites is 2. The van der Waals surface area contributed by atoms with E-state index in [-0.39, 0.29) is 0 Å². The zero-order chi connectivity index (χ0) is 32.3. The molecule has 3 nitrogen and oxygen atoms in total. The van der Waals surface area contributed by atoms with Gasteiger partial charge in [-0.2, -0.15) is 0 Å². The molecule has 0 bridgehead atoms. The van der Waals surface area contributed by atoms with Gasteiger partial charge in [0.1, 0.15) is 11.2 Å². The van der Waals surface area contributed by atoms with Crippen LogP contribution >= 0.6 is 0 Å². The zero-order valence-electron chi connectivity index (χ0n) is 26.6. The molecule has 0 radical (unpaired) electrons. The Kier molecular flexibility index (Phi) is 6.18. The van der Waals surface area contributed by atoms with Crippen molar-refractivity contribution in [1.29, 1.82) is 0 Å². The zero-order valence-corrected chi connectivity index (χ0v) is 26.6. The maximum Gasteiger partial charge on any atom is 0.135 e. The normalized spacial score (nSPS) is 11.7. The number of benzene rings is 8. The highest BCUT2D eigenvalue weighted by molar-refractivity contribution is 6.15. The fourth-order valence-corrected chi connectivity index (χ4v) is 7.52. The van der Waals surface area contributed by atoms with Gasteiger partial charge in [-0.1, -0.05) is 115 Å². The molecule has 230 valence electrons. The van der Waals surface area contributed by atoms with Crippen LogP contribution in [0.2, 0.25) is 0 Å². The summed E-state index contributed by atoms with van der Waals surface area (Å²) in [4.78, 5) is 6.07. The van der Waals surface area contributed by atoms with E-state index in [0.29, 0.717) is 0 Å². The molecule has 1 N–H and O–H groups in total. The van der Waals surface area contributed by atoms with Gasteiger partial charge in [0.25, 0.3) is 0 Å². The molecule has 0 spiro atoms. The van der Waals surface area contributed by atoms with Gasteiger partial charge in [-0.15, -0.1) is 0 Å². The number of fused-ring (bicyclic) bond motifs is 7. The number of anilines is 3. The Bertz CT molecular complexity index is 2850. The summed E-state index contributed by atoms with van der Waals surface area (Å²) in [6.07, 6.45) is 0. The van der Waals surface area contributed by atoms with E-state index in [1.165, 1.54) is 32.7 Å². The van der Waals surface area contributed by atoms with Crippen molar-refractivity contribution in [2.45, 2.75) is 0 Å². The van der Waals surface area contributed by atoms with Crippen LogP contribution in [-0.2, 0) is 0 Å². The lowest BCUT2D eigenvalue weighted by molar-refractivity contribution is 0.669. The molecule has 0 atom stereocenters. The molecule has 10 aromatic rings. The Balaban J connectivity index is 1.19. The highest BCUT2D eigenvalue weighted by Gasteiger charge is 2.20. The number of hydrogen-bond acceptors (Lipinski definition) is 2. The molecule has 2 aromatic heterocycles. The Morgan fingerprint density at radius 3 is 1.94 bits per heavy atom. The first-order valence-corrected chi connectivity index (χ1v) is 16.7. The number of rotatable bonds is 5. The second kappa shape index (κ2) is 11.0. The van der Waals surface area contributed by atoms with E-state index in [1.807, 2.05) is 12.1 Å². The summed E-state index contributed by atoms with van der Waals surface area (Å²) in [5.41, 5.74) is 12.1. The average Bonchev–Trinajstić information content (AvgIpc) is 3.73. The molecule has 0 unspecified atom stereocenters. The standard InChI is InChI=1S/C46H30N2O/c1-2-17-36-30(11-1)12-9-20-37(36)33-14-8-16-35(28-33)48(43-23-10-22-42-46(43)39-19-3-5-21-41(39)47-42)34-15-7-13-31(27-34)32-25-26-45-40(29-32)38-18-4-6-24-44(38)49-45/h1-29,47H. The predicted octanol–water partition coefficient (Wildman–Crippen LogP) is 13.2. The highest BCUT2D eigenvalue weighted by Crippen LogP contribution is 2.44. The molecule has 0 aliphatic heterocycles. The van der Waals surface area contributed by atoms with Crippen molar-refractivity contribution in [1.82, 2.24) is 4.98 Å². The monoisotopic (exact) mass is 626 g/mol. The molecule has 10 rings (SSSR count). The van der Waals surface area contributed by atoms with Crippen molar-refractivity contribution in [2.24, 2.45) is 0 Å². The van der Waals surface area contributed by atoms with Gasteiger partial charge in [0.15, 0.2) is 0 Å². The molecule has 2 heterocycles. The first-order valence-electron chi connectivity index (χ1n) is 16.7. The van der Waals surface area contributed by atoms with Crippen LogP contribution in [0.1, 0.15) is 0 Å². The van der Waals surface area contributed by atoms with Crippen molar-refractivity contribution in [2.75, 3.05) is 4.90 Å². The van der Waals surface area contributed by atoms with Crippen molar-refractivity contribution >= 4 is 71.6 Å². The Morgan fingerprint density at radius 2 is 1.04 bits per heavy atom. The fourth-order valence-electron chi connectivity index (χ4n) is 7.52. The average molecular weight is 627 g/mol. The lowest BCUT2D eigenvalue weighted by Crippen LogP contribution is -2.10. The molecular weight excluding hydrogens is 597 g/mol. The van der Waals surface area contributed by atoms with Crippen molar-refractivity contribution in [3.05, 3.63) is 176 Å². The van der Waals surface area contributed by atoms with Crippen LogP contribution < -0.4 is 4.90 Å². The Labute approximate surface area is 283 Å². The summed E-state index contributed by atoms with van der Waals surface area (Å²) in [6.45, 7) is 0. The minimum absolute atomic E-state index is 0.902. The molecule has 3 heteroatoms. The Morgan fingerprint density at radius 1 is 0.408 bits per heavy atom. The first kappa shape index (κ1) is 27.5. The molecular formula is C46H30N2O. The van der Waals surface area contributed by atoms with Crippen LogP contribution in [-0.4, -0.2) is 4.98 Å². The van der Waals surface area contributed by atoms with E-state index in [0.717, 1.165) is 61.2 Å². The molecule has 0 aliphatic carbocycles. The number of aromatic amines is 1. The second-order valence-electron chi connectivity index (χ2n) is 12.6. The van der Waals surface area contributed by atoms with E-state index in [1.54, 1.807) is 0 Å². The van der Waals surface area contributed by atoms with Crippen molar-refractivity contribution in [3.8, 4) is 22.3 Å². The quantitative estimate of drug-likeness (QED) is 0.206. The van der Waals surface area contributed by atoms with E-state index >= 15 is 0 Å². The van der Waals surface area contributed by atoms with Crippen LogP contribution in [0, 0.1) is 0 Å². The summed E-state index contributed by atoms with van der Waals surface area (Å²) in [5.74, 6) is 0. The summed E-state index contributed by atoms with van der Waals surface area (Å²) >= 11 is 0. The predicted molar refractivity (Wildman–Crippen MR) is 206 cm³/mol. The minimum Gasteiger partial charge on any atom is -0.456 e. The maximum absolute atomic E-state index is 6.15. The minimum atomic E-state index is 0.902. The van der Waals surface area contributed by atoms with Gasteiger partial charge in [0, 0.05) is 44.0 Å².